The van der Waals surface area contributed by atoms with E-state index in [1.54, 1.807) is 0 Å². The number of nitrogens with one attached hydrogen (secondary N) is 1. The molecule has 1 unspecified atom stereocenters. The molecule has 3 N–H and O–H groups in total. The minimum atomic E-state index is 0.217. The van der Waals surface area contributed by atoms with Gasteiger partial charge in [-0.2, -0.15) is 0 Å². The highest BCUT2D eigenvalue weighted by atomic mass is 35.5. The average molecular weight is 227 g/mol. The van der Waals surface area contributed by atoms with Crippen LogP contribution < -0.4 is 11.3 Å². The van der Waals surface area contributed by atoms with Crippen molar-refractivity contribution >= 4 is 11.6 Å². The average Bonchev–Trinajstić information content (AvgIpc) is 2.31. The third-order valence-electron chi connectivity index (χ3n) is 2.62. The molecule has 0 aliphatic carbocycles. The van der Waals surface area contributed by atoms with Gasteiger partial charge in [0.1, 0.15) is 0 Å². The van der Waals surface area contributed by atoms with Gasteiger partial charge in [-0.05, 0) is 30.4 Å². The molecule has 0 fully saturated rings. The first-order chi connectivity index (χ1) is 7.31. The minimum Gasteiger partial charge on any atom is -0.271 e. The van der Waals surface area contributed by atoms with Crippen molar-refractivity contribution in [2.24, 2.45) is 5.84 Å². The van der Waals surface area contributed by atoms with Crippen LogP contribution in [0, 0.1) is 0 Å². The molecule has 1 atom stereocenters. The van der Waals surface area contributed by atoms with Gasteiger partial charge in [0.2, 0.25) is 0 Å². The van der Waals surface area contributed by atoms with Gasteiger partial charge in [0.15, 0.2) is 0 Å². The molecule has 0 heterocycles. The van der Waals surface area contributed by atoms with E-state index in [0.717, 1.165) is 19.3 Å². The number of rotatable bonds is 6. The predicted molar refractivity (Wildman–Crippen MR) is 65.8 cm³/mol. The summed E-state index contributed by atoms with van der Waals surface area (Å²) in [6, 6.07) is 8.80. The number of hydrogen-bond acceptors (Lipinski definition) is 2. The Hall–Kier alpha value is -0.570. The van der Waals surface area contributed by atoms with Gasteiger partial charge >= 0.3 is 0 Å². The summed E-state index contributed by atoms with van der Waals surface area (Å²) < 4.78 is 0. The molecule has 0 amide bonds. The first-order valence-corrected chi connectivity index (χ1v) is 5.96. The Balaban J connectivity index is 2.65. The molecule has 3 heteroatoms. The third-order valence-corrected chi connectivity index (χ3v) is 2.89. The lowest BCUT2D eigenvalue weighted by Crippen LogP contribution is -2.28. The summed E-state index contributed by atoms with van der Waals surface area (Å²) in [5, 5.41) is 0. The van der Waals surface area contributed by atoms with Crippen LogP contribution >= 0.6 is 11.6 Å². The van der Waals surface area contributed by atoms with E-state index in [9.17, 15) is 0 Å². The van der Waals surface area contributed by atoms with Crippen LogP contribution in [0.5, 0.6) is 0 Å². The Morgan fingerprint density at radius 3 is 2.47 bits per heavy atom. The minimum absolute atomic E-state index is 0.217. The first kappa shape index (κ1) is 12.5. The van der Waals surface area contributed by atoms with Gasteiger partial charge in [0.25, 0.3) is 0 Å². The molecule has 0 saturated carbocycles. The molecule has 2 nitrogen and oxygen atoms in total. The van der Waals surface area contributed by atoms with E-state index >= 15 is 0 Å². The summed E-state index contributed by atoms with van der Waals surface area (Å²) in [6.07, 6.45) is 3.03. The van der Waals surface area contributed by atoms with Crippen LogP contribution in [0.4, 0.5) is 0 Å². The molecule has 1 aromatic carbocycles. The quantitative estimate of drug-likeness (QED) is 0.445. The summed E-state index contributed by atoms with van der Waals surface area (Å²) in [4.78, 5) is 0. The molecule has 0 spiro atoms. The fourth-order valence-electron chi connectivity index (χ4n) is 1.61. The maximum absolute atomic E-state index is 5.67. The number of hydrogen-bond donors (Lipinski definition) is 2. The largest absolute Gasteiger partial charge is 0.271 e. The van der Waals surface area contributed by atoms with Gasteiger partial charge in [-0.25, -0.2) is 0 Å². The fourth-order valence-corrected chi connectivity index (χ4v) is 1.77. The third kappa shape index (κ3) is 3.82. The maximum Gasteiger partial charge on any atom is 0.0460 e. The second-order valence-corrected chi connectivity index (χ2v) is 4.02. The molecule has 0 saturated heterocycles. The van der Waals surface area contributed by atoms with Crippen molar-refractivity contribution in [3.63, 3.8) is 0 Å². The van der Waals surface area contributed by atoms with E-state index in [1.807, 2.05) is 0 Å². The normalized spacial score (nSPS) is 12.7. The topological polar surface area (TPSA) is 38.0 Å². The zero-order chi connectivity index (χ0) is 11.1. The summed E-state index contributed by atoms with van der Waals surface area (Å²) in [7, 11) is 0. The second-order valence-electron chi connectivity index (χ2n) is 3.65. The number of hydrazine groups is 1. The van der Waals surface area contributed by atoms with Crippen LogP contribution in [0.2, 0.25) is 0 Å². The molecule has 84 valence electrons. The zero-order valence-electron chi connectivity index (χ0n) is 9.17. The molecule has 0 aliphatic rings. The van der Waals surface area contributed by atoms with Gasteiger partial charge in [-0.1, -0.05) is 31.2 Å². The van der Waals surface area contributed by atoms with Crippen molar-refractivity contribution in [1.29, 1.82) is 0 Å². The molecular weight excluding hydrogens is 208 g/mol. The Morgan fingerprint density at radius 1 is 1.33 bits per heavy atom. The highest BCUT2D eigenvalue weighted by Crippen LogP contribution is 2.18. The van der Waals surface area contributed by atoms with Crippen LogP contribution in [0.3, 0.4) is 0 Å². The number of alkyl halides is 1. The molecule has 0 radical (unpaired) electrons. The monoisotopic (exact) mass is 226 g/mol. The Morgan fingerprint density at radius 2 is 2.00 bits per heavy atom. The van der Waals surface area contributed by atoms with Crippen LogP contribution in [-0.2, 0) is 6.42 Å². The summed E-state index contributed by atoms with van der Waals surface area (Å²) in [5.74, 6) is 6.21. The van der Waals surface area contributed by atoms with Gasteiger partial charge in [0, 0.05) is 11.9 Å². The SMILES string of the molecule is CCc1ccc(C(CCCCl)NN)cc1. The molecule has 0 bridgehead atoms. The van der Waals surface area contributed by atoms with Gasteiger partial charge in [-0.15, -0.1) is 11.6 Å². The Kier molecular flexibility index (Phi) is 5.69. The van der Waals surface area contributed by atoms with E-state index in [-0.39, 0.29) is 6.04 Å². The van der Waals surface area contributed by atoms with Crippen molar-refractivity contribution in [3.8, 4) is 0 Å². The molecule has 0 aromatic heterocycles. The maximum atomic E-state index is 5.67. The van der Waals surface area contributed by atoms with Crippen LogP contribution in [0.25, 0.3) is 0 Å². The molecule has 0 aliphatic heterocycles. The van der Waals surface area contributed by atoms with E-state index in [0.29, 0.717) is 5.88 Å². The molecule has 1 rings (SSSR count). The molecular formula is C12H19ClN2. The van der Waals surface area contributed by atoms with Gasteiger partial charge in [-0.3, -0.25) is 11.3 Å². The van der Waals surface area contributed by atoms with Crippen LogP contribution in [0.15, 0.2) is 24.3 Å². The van der Waals surface area contributed by atoms with E-state index < -0.39 is 0 Å². The van der Waals surface area contributed by atoms with Crippen molar-refractivity contribution in [2.75, 3.05) is 5.88 Å². The van der Waals surface area contributed by atoms with Crippen molar-refractivity contribution in [1.82, 2.24) is 5.43 Å². The number of aryl methyl sites for hydroxylation is 1. The highest BCUT2D eigenvalue weighted by molar-refractivity contribution is 6.17. The number of benzene rings is 1. The lowest BCUT2D eigenvalue weighted by Gasteiger charge is -2.15. The van der Waals surface area contributed by atoms with E-state index in [4.69, 9.17) is 17.4 Å². The van der Waals surface area contributed by atoms with Crippen molar-refractivity contribution in [2.45, 2.75) is 32.2 Å². The highest BCUT2D eigenvalue weighted by Gasteiger charge is 2.08. The zero-order valence-corrected chi connectivity index (χ0v) is 9.93. The standard InChI is InChI=1S/C12H19ClN2/c1-2-10-5-7-11(8-6-10)12(15-14)4-3-9-13/h5-8,12,15H,2-4,9,14H2,1H3. The van der Waals surface area contributed by atoms with E-state index in [2.05, 4.69) is 36.6 Å². The van der Waals surface area contributed by atoms with Gasteiger partial charge < -0.3 is 0 Å². The summed E-state index contributed by atoms with van der Waals surface area (Å²) in [6.45, 7) is 2.15. The molecule has 1 aromatic rings. The van der Waals surface area contributed by atoms with Crippen LogP contribution in [0.1, 0.15) is 36.9 Å². The lowest BCUT2D eigenvalue weighted by molar-refractivity contribution is 0.511. The smallest absolute Gasteiger partial charge is 0.0460 e. The van der Waals surface area contributed by atoms with Gasteiger partial charge in [0.05, 0.1) is 0 Å². The lowest BCUT2D eigenvalue weighted by atomic mass is 10.0. The number of halogens is 1. The van der Waals surface area contributed by atoms with E-state index in [1.165, 1.54) is 11.1 Å². The predicted octanol–water partition coefficient (Wildman–Crippen LogP) is 2.77. The number of nitrogens with two attached hydrogens (primary N) is 1. The summed E-state index contributed by atoms with van der Waals surface area (Å²) in [5.41, 5.74) is 5.42. The fraction of sp³-hybridized carbons (Fsp3) is 0.500. The first-order valence-electron chi connectivity index (χ1n) is 5.42. The second kappa shape index (κ2) is 6.83. The van der Waals surface area contributed by atoms with Crippen LogP contribution in [-0.4, -0.2) is 5.88 Å². The van der Waals surface area contributed by atoms with Crippen molar-refractivity contribution in [3.05, 3.63) is 35.4 Å². The summed E-state index contributed by atoms with van der Waals surface area (Å²) >= 11 is 5.67. The van der Waals surface area contributed by atoms with Crippen molar-refractivity contribution < 1.29 is 0 Å². The Labute approximate surface area is 96.8 Å². The Bertz CT molecular complexity index is 271. The molecule has 15 heavy (non-hydrogen) atoms.